The molecule has 0 saturated carbocycles. The molecule has 2 saturated heterocycles. The summed E-state index contributed by atoms with van der Waals surface area (Å²) in [5.41, 5.74) is -0.468. The summed E-state index contributed by atoms with van der Waals surface area (Å²) in [6.45, 7) is 4.04. The fourth-order valence-corrected chi connectivity index (χ4v) is 3.64. The van der Waals surface area contributed by atoms with Crippen molar-refractivity contribution in [3.05, 3.63) is 48.0 Å². The number of nitrogens with zero attached hydrogens (tertiary/aromatic N) is 3. The van der Waals surface area contributed by atoms with E-state index < -0.39 is 17.3 Å². The van der Waals surface area contributed by atoms with Crippen LogP contribution in [0, 0.1) is 22.7 Å². The molecule has 0 unspecified atom stereocenters. The molecule has 7 nitrogen and oxygen atoms in total. The van der Waals surface area contributed by atoms with Crippen LogP contribution < -0.4 is 0 Å². The quantitative estimate of drug-likeness (QED) is 0.815. The lowest BCUT2D eigenvalue weighted by Crippen LogP contribution is -2.42. The lowest BCUT2D eigenvalue weighted by Gasteiger charge is -2.24. The van der Waals surface area contributed by atoms with E-state index >= 15 is 0 Å². The number of likely N-dealkylation sites (tertiary alicyclic amines) is 2. The standard InChI is InChI=1S/C18H17N3O4/c1-2-7-20-10-18(17(24)25)11-21(9-14(18)16(20)23)15(22)13-5-3-12(8-19)4-6-13/h2-6,14H,1,7,9-11H2,(H,24,25)/t14-,18+/m1/s1. The highest BCUT2D eigenvalue weighted by atomic mass is 16.4. The SMILES string of the molecule is C=CCN1C[C@]2(C(=O)O)CN(C(=O)c3ccc(C#N)cc3)C[C@@H]2C1=O. The number of carbonyl (C=O) groups is 3. The van der Waals surface area contributed by atoms with Crippen molar-refractivity contribution in [2.24, 2.45) is 11.3 Å². The van der Waals surface area contributed by atoms with Crippen LogP contribution in [-0.4, -0.2) is 58.9 Å². The highest BCUT2D eigenvalue weighted by Crippen LogP contribution is 2.44. The second kappa shape index (κ2) is 6.06. The Morgan fingerprint density at radius 3 is 2.56 bits per heavy atom. The molecule has 1 aromatic carbocycles. The first-order valence-corrected chi connectivity index (χ1v) is 7.85. The molecular weight excluding hydrogens is 322 g/mol. The smallest absolute Gasteiger partial charge is 0.314 e. The molecule has 7 heteroatoms. The summed E-state index contributed by atoms with van der Waals surface area (Å²) in [6, 6.07) is 8.12. The van der Waals surface area contributed by atoms with Crippen LogP contribution in [0.5, 0.6) is 0 Å². The van der Waals surface area contributed by atoms with Gasteiger partial charge in [0.15, 0.2) is 0 Å². The predicted octanol–water partition coefficient (Wildman–Crippen LogP) is 0.729. The average molecular weight is 339 g/mol. The minimum atomic E-state index is -1.28. The Labute approximate surface area is 144 Å². The Hall–Kier alpha value is -3.14. The summed E-state index contributed by atoms with van der Waals surface area (Å²) >= 11 is 0. The van der Waals surface area contributed by atoms with Crippen LogP contribution in [0.4, 0.5) is 0 Å². The van der Waals surface area contributed by atoms with Crippen molar-refractivity contribution < 1.29 is 19.5 Å². The molecule has 2 amide bonds. The number of carboxylic acid groups (broad SMARTS) is 1. The zero-order valence-corrected chi connectivity index (χ0v) is 13.5. The lowest BCUT2D eigenvalue weighted by atomic mass is 9.81. The van der Waals surface area contributed by atoms with Gasteiger partial charge < -0.3 is 14.9 Å². The van der Waals surface area contributed by atoms with Gasteiger partial charge in [0.05, 0.1) is 17.6 Å². The Kier molecular flexibility index (Phi) is 4.05. The summed E-state index contributed by atoms with van der Waals surface area (Å²) in [6.07, 6.45) is 1.56. The van der Waals surface area contributed by atoms with E-state index in [0.717, 1.165) is 0 Å². The number of rotatable bonds is 4. The van der Waals surface area contributed by atoms with Crippen LogP contribution in [0.25, 0.3) is 0 Å². The van der Waals surface area contributed by atoms with Gasteiger partial charge in [0.1, 0.15) is 5.41 Å². The maximum absolute atomic E-state index is 12.7. The Morgan fingerprint density at radius 2 is 2.04 bits per heavy atom. The largest absolute Gasteiger partial charge is 0.481 e. The van der Waals surface area contributed by atoms with E-state index in [1.54, 1.807) is 6.08 Å². The van der Waals surface area contributed by atoms with E-state index in [-0.39, 0.29) is 31.4 Å². The molecule has 3 rings (SSSR count). The minimum absolute atomic E-state index is 0.00871. The number of amides is 2. The van der Waals surface area contributed by atoms with Gasteiger partial charge in [-0.15, -0.1) is 6.58 Å². The van der Waals surface area contributed by atoms with E-state index in [1.807, 2.05) is 6.07 Å². The summed E-state index contributed by atoms with van der Waals surface area (Å²) in [7, 11) is 0. The first-order chi connectivity index (χ1) is 11.9. The highest BCUT2D eigenvalue weighted by molar-refractivity contribution is 5.98. The van der Waals surface area contributed by atoms with E-state index in [2.05, 4.69) is 6.58 Å². The van der Waals surface area contributed by atoms with Gasteiger partial charge in [0, 0.05) is 31.7 Å². The third-order valence-electron chi connectivity index (χ3n) is 4.95. The number of fused-ring (bicyclic) bond motifs is 1. The van der Waals surface area contributed by atoms with Crippen molar-refractivity contribution >= 4 is 17.8 Å². The number of benzene rings is 1. The van der Waals surface area contributed by atoms with Gasteiger partial charge in [0.25, 0.3) is 5.91 Å². The van der Waals surface area contributed by atoms with Crippen LogP contribution in [-0.2, 0) is 9.59 Å². The fourth-order valence-electron chi connectivity index (χ4n) is 3.64. The van der Waals surface area contributed by atoms with E-state index in [9.17, 15) is 19.5 Å². The molecule has 1 aromatic rings. The van der Waals surface area contributed by atoms with Gasteiger partial charge in [0.2, 0.25) is 5.91 Å². The Morgan fingerprint density at radius 1 is 1.36 bits per heavy atom. The van der Waals surface area contributed by atoms with Gasteiger partial charge >= 0.3 is 5.97 Å². The number of hydrogen-bond acceptors (Lipinski definition) is 4. The van der Waals surface area contributed by atoms with Crippen molar-refractivity contribution in [2.45, 2.75) is 0 Å². The van der Waals surface area contributed by atoms with E-state index in [1.165, 1.54) is 34.1 Å². The second-order valence-electron chi connectivity index (χ2n) is 6.40. The molecule has 128 valence electrons. The van der Waals surface area contributed by atoms with Crippen LogP contribution >= 0.6 is 0 Å². The van der Waals surface area contributed by atoms with Gasteiger partial charge in [-0.2, -0.15) is 5.26 Å². The monoisotopic (exact) mass is 339 g/mol. The molecule has 25 heavy (non-hydrogen) atoms. The maximum Gasteiger partial charge on any atom is 0.314 e. The highest BCUT2D eigenvalue weighted by Gasteiger charge is 2.62. The molecular formula is C18H17N3O4. The van der Waals surface area contributed by atoms with E-state index in [4.69, 9.17) is 5.26 Å². The first kappa shape index (κ1) is 16.7. The van der Waals surface area contributed by atoms with Crippen molar-refractivity contribution in [3.63, 3.8) is 0 Å². The Bertz CT molecular complexity index is 796. The Balaban J connectivity index is 1.85. The lowest BCUT2D eigenvalue weighted by molar-refractivity contribution is -0.149. The molecule has 2 heterocycles. The normalized spacial score (nSPS) is 24.8. The molecule has 1 N–H and O–H groups in total. The molecule has 2 fully saturated rings. The number of aliphatic carboxylic acids is 1. The van der Waals surface area contributed by atoms with Crippen molar-refractivity contribution in [1.82, 2.24) is 9.80 Å². The molecule has 2 aliphatic heterocycles. The molecule has 0 radical (unpaired) electrons. The molecule has 0 aliphatic carbocycles. The summed E-state index contributed by atoms with van der Waals surface area (Å²) < 4.78 is 0. The van der Waals surface area contributed by atoms with Crippen LogP contribution in [0.15, 0.2) is 36.9 Å². The first-order valence-electron chi connectivity index (χ1n) is 7.85. The molecule has 0 spiro atoms. The fraction of sp³-hybridized carbons (Fsp3) is 0.333. The zero-order chi connectivity index (χ0) is 18.2. The summed E-state index contributed by atoms with van der Waals surface area (Å²) in [5.74, 6) is -2.39. The van der Waals surface area contributed by atoms with Crippen molar-refractivity contribution in [3.8, 4) is 6.07 Å². The van der Waals surface area contributed by atoms with Crippen LogP contribution in [0.3, 0.4) is 0 Å². The van der Waals surface area contributed by atoms with Gasteiger partial charge in [-0.25, -0.2) is 0 Å². The zero-order valence-electron chi connectivity index (χ0n) is 13.5. The average Bonchev–Trinajstić information content (AvgIpc) is 3.11. The molecule has 0 bridgehead atoms. The minimum Gasteiger partial charge on any atom is -0.481 e. The van der Waals surface area contributed by atoms with Crippen LogP contribution in [0.2, 0.25) is 0 Å². The number of carboxylic acids is 1. The molecule has 0 aromatic heterocycles. The summed E-state index contributed by atoms with van der Waals surface area (Å²) in [5, 5.41) is 18.6. The number of hydrogen-bond donors (Lipinski definition) is 1. The second-order valence-corrected chi connectivity index (χ2v) is 6.40. The number of nitriles is 1. The maximum atomic E-state index is 12.7. The van der Waals surface area contributed by atoms with Gasteiger partial charge in [-0.3, -0.25) is 14.4 Å². The molecule has 2 atom stereocenters. The topological polar surface area (TPSA) is 102 Å². The third-order valence-corrected chi connectivity index (χ3v) is 4.95. The third kappa shape index (κ3) is 2.56. The predicted molar refractivity (Wildman–Crippen MR) is 87.4 cm³/mol. The molecule has 2 aliphatic rings. The summed E-state index contributed by atoms with van der Waals surface area (Å²) in [4.78, 5) is 40.0. The van der Waals surface area contributed by atoms with E-state index in [0.29, 0.717) is 17.7 Å². The van der Waals surface area contributed by atoms with Crippen LogP contribution in [0.1, 0.15) is 15.9 Å². The van der Waals surface area contributed by atoms with Crippen molar-refractivity contribution in [1.29, 1.82) is 5.26 Å². The van der Waals surface area contributed by atoms with Gasteiger partial charge in [-0.1, -0.05) is 6.08 Å². The van der Waals surface area contributed by atoms with Gasteiger partial charge in [-0.05, 0) is 24.3 Å². The number of carbonyl (C=O) groups excluding carboxylic acids is 2. The van der Waals surface area contributed by atoms with Crippen molar-refractivity contribution in [2.75, 3.05) is 26.2 Å².